The van der Waals surface area contributed by atoms with Crippen LogP contribution in [-0.2, 0) is 40.1 Å². The van der Waals surface area contributed by atoms with Gasteiger partial charge in [-0.1, -0.05) is 0 Å². The zero-order valence-corrected chi connectivity index (χ0v) is 14.9. The van der Waals surface area contributed by atoms with Crippen LogP contribution in [0.15, 0.2) is 0 Å². The van der Waals surface area contributed by atoms with Crippen molar-refractivity contribution in [2.75, 3.05) is 13.2 Å². The summed E-state index contributed by atoms with van der Waals surface area (Å²) in [5.74, 6) is -4.42. The molecule has 0 spiro atoms. The average Bonchev–Trinajstić information content (AvgIpc) is 2.46. The molecule has 0 bridgehead atoms. The third-order valence-corrected chi connectivity index (χ3v) is 3.26. The summed E-state index contributed by atoms with van der Waals surface area (Å²) in [7, 11) is 0. The van der Waals surface area contributed by atoms with Gasteiger partial charge in [-0.25, -0.2) is 14.0 Å². The molecule has 0 radical (unpaired) electrons. The Balaban J connectivity index is -0.00000161. The van der Waals surface area contributed by atoms with Crippen LogP contribution >= 0.6 is 0 Å². The van der Waals surface area contributed by atoms with E-state index < -0.39 is 67.9 Å². The zero-order chi connectivity index (χ0) is 17.1. The number of nitrogens with two attached hydrogens (primary N) is 2. The Kier molecular flexibility index (Phi) is 13.7. The van der Waals surface area contributed by atoms with E-state index in [0.29, 0.717) is 0 Å². The van der Waals surface area contributed by atoms with Crippen molar-refractivity contribution in [2.45, 2.75) is 42.8 Å². The van der Waals surface area contributed by atoms with E-state index in [0.717, 1.165) is 0 Å². The summed E-state index contributed by atoms with van der Waals surface area (Å²) in [6.45, 7) is -1.47. The van der Waals surface area contributed by atoms with E-state index >= 15 is 0 Å². The number of aliphatic hydroxyl groups is 4. The number of ether oxygens (including phenoxy) is 2. The molecule has 25 heavy (non-hydrogen) atoms. The predicted octanol–water partition coefficient (Wildman–Crippen LogP) is -1.50. The Morgan fingerprint density at radius 2 is 1.52 bits per heavy atom. The molecule has 0 saturated carbocycles. The molecule has 152 valence electrons. The molecule has 0 aromatic carbocycles. The normalized spacial score (nSPS) is 28.8. The van der Waals surface area contributed by atoms with E-state index in [1.807, 2.05) is 0 Å². The molecule has 5 atom stereocenters. The molecule has 1 heterocycles. The van der Waals surface area contributed by atoms with Gasteiger partial charge in [-0.15, -0.1) is 0 Å². The molecule has 1 aliphatic heterocycles. The SMILES string of the molecule is O=C(O)C(F)(CCOC1O[C@H](CO)[C@H](O)[C@H](O)[C@H]1O)C(=O)O.[NH2-].[NH2-].[Pt+2]. The second-order valence-corrected chi connectivity index (χ2v) is 4.73. The third kappa shape index (κ3) is 6.47. The summed E-state index contributed by atoms with van der Waals surface area (Å²) in [4.78, 5) is 21.2. The van der Waals surface area contributed by atoms with Crippen molar-refractivity contribution >= 4 is 11.9 Å². The fourth-order valence-electron chi connectivity index (χ4n) is 1.83. The first-order chi connectivity index (χ1) is 10.1. The number of carbonyl (C=O) groups is 2. The van der Waals surface area contributed by atoms with Gasteiger partial charge in [-0.3, -0.25) is 0 Å². The minimum atomic E-state index is -3.58. The van der Waals surface area contributed by atoms with Crippen molar-refractivity contribution in [1.82, 2.24) is 0 Å². The zero-order valence-electron chi connectivity index (χ0n) is 12.7. The maximum Gasteiger partial charge on any atom is 2.00 e. The van der Waals surface area contributed by atoms with Crippen LogP contribution in [0.2, 0.25) is 0 Å². The van der Waals surface area contributed by atoms with Gasteiger partial charge in [0.25, 0.3) is 0 Å². The molecule has 0 aromatic heterocycles. The molecular formula is C11H21FN2O10Pt. The van der Waals surface area contributed by atoms with Crippen LogP contribution in [0.1, 0.15) is 6.42 Å². The number of rotatable bonds is 7. The maximum atomic E-state index is 13.7. The summed E-state index contributed by atoms with van der Waals surface area (Å²) in [6.07, 6.45) is -9.00. The molecule has 0 aromatic rings. The molecule has 1 saturated heterocycles. The van der Waals surface area contributed by atoms with Crippen LogP contribution < -0.4 is 0 Å². The second kappa shape index (κ2) is 11.8. The average molecular weight is 555 g/mol. The van der Waals surface area contributed by atoms with Gasteiger partial charge < -0.3 is 52.4 Å². The van der Waals surface area contributed by atoms with Crippen LogP contribution in [0.5, 0.6) is 0 Å². The standard InChI is InChI=1S/C11H17FO10.2H2N.Pt/c12-11(9(17)18,10(19)20)1-2-21-8-7(16)6(15)5(14)4(3-13)22-8;;;/h4-8,13-16H,1-3H2,(H,17,18)(H,19,20);2*1H2;/q;2*-1;+2/t4-,5+,6+,7-,8?;;;/m1.../s1. The molecule has 1 aliphatic rings. The molecule has 1 rings (SSSR count). The van der Waals surface area contributed by atoms with Gasteiger partial charge in [0, 0.05) is 6.42 Å². The molecule has 14 heteroatoms. The topological polar surface area (TPSA) is 241 Å². The number of carboxylic acid groups (broad SMARTS) is 2. The number of carboxylic acids is 2. The van der Waals surface area contributed by atoms with Gasteiger partial charge in [0.2, 0.25) is 0 Å². The van der Waals surface area contributed by atoms with Gasteiger partial charge >= 0.3 is 38.7 Å². The minimum absolute atomic E-state index is 0. The summed E-state index contributed by atoms with van der Waals surface area (Å²) in [5.41, 5.74) is -3.58. The molecule has 1 fully saturated rings. The first-order valence-corrected chi connectivity index (χ1v) is 6.23. The van der Waals surface area contributed by atoms with E-state index in [1.54, 1.807) is 0 Å². The smallest absolute Gasteiger partial charge is 0.693 e. The largest absolute Gasteiger partial charge is 2.00 e. The van der Waals surface area contributed by atoms with Crippen LogP contribution in [0.25, 0.3) is 12.3 Å². The van der Waals surface area contributed by atoms with E-state index in [4.69, 9.17) is 24.8 Å². The van der Waals surface area contributed by atoms with Gasteiger partial charge in [0.1, 0.15) is 24.4 Å². The van der Waals surface area contributed by atoms with E-state index in [9.17, 15) is 29.3 Å². The van der Waals surface area contributed by atoms with E-state index in [2.05, 4.69) is 0 Å². The summed E-state index contributed by atoms with van der Waals surface area (Å²) < 4.78 is 23.4. The molecule has 0 amide bonds. The van der Waals surface area contributed by atoms with Gasteiger partial charge in [-0.05, 0) is 0 Å². The third-order valence-electron chi connectivity index (χ3n) is 3.26. The number of aliphatic hydroxyl groups excluding tert-OH is 4. The van der Waals surface area contributed by atoms with Crippen LogP contribution in [0.3, 0.4) is 0 Å². The Bertz CT molecular complexity index is 416. The molecule has 0 aliphatic carbocycles. The fourth-order valence-corrected chi connectivity index (χ4v) is 1.83. The summed E-state index contributed by atoms with van der Waals surface area (Å²) in [5, 5.41) is 54.6. The van der Waals surface area contributed by atoms with E-state index in [-0.39, 0.29) is 33.4 Å². The Morgan fingerprint density at radius 1 is 1.04 bits per heavy atom. The number of hydrogen-bond acceptors (Lipinski definition) is 8. The Morgan fingerprint density at radius 3 is 1.92 bits per heavy atom. The van der Waals surface area contributed by atoms with Crippen LogP contribution in [0, 0.1) is 0 Å². The first-order valence-electron chi connectivity index (χ1n) is 6.23. The van der Waals surface area contributed by atoms with Crippen molar-refractivity contribution in [3.8, 4) is 0 Å². The quantitative estimate of drug-likeness (QED) is 0.199. The number of hydrogen-bond donors (Lipinski definition) is 6. The maximum absolute atomic E-state index is 13.7. The minimum Gasteiger partial charge on any atom is -0.693 e. The van der Waals surface area contributed by atoms with Crippen LogP contribution in [-0.4, -0.2) is 92.2 Å². The summed E-state index contributed by atoms with van der Waals surface area (Å²) in [6, 6.07) is 0. The summed E-state index contributed by atoms with van der Waals surface area (Å²) >= 11 is 0. The number of aliphatic carboxylic acids is 2. The molecule has 1 unspecified atom stereocenters. The van der Waals surface area contributed by atoms with Gasteiger partial charge in [0.15, 0.2) is 6.29 Å². The van der Waals surface area contributed by atoms with Crippen molar-refractivity contribution < 1.29 is 75.2 Å². The second-order valence-electron chi connectivity index (χ2n) is 4.73. The van der Waals surface area contributed by atoms with Gasteiger partial charge in [0.05, 0.1) is 13.2 Å². The van der Waals surface area contributed by atoms with Crippen molar-refractivity contribution in [1.29, 1.82) is 0 Å². The Hall–Kier alpha value is -0.762. The monoisotopic (exact) mass is 555 g/mol. The molecule has 10 N–H and O–H groups in total. The number of alkyl halides is 1. The van der Waals surface area contributed by atoms with Crippen LogP contribution in [0.4, 0.5) is 4.39 Å². The predicted molar refractivity (Wildman–Crippen MR) is 74.0 cm³/mol. The Labute approximate surface area is 156 Å². The number of halogens is 1. The molecule has 12 nitrogen and oxygen atoms in total. The molecular weight excluding hydrogens is 534 g/mol. The van der Waals surface area contributed by atoms with Crippen molar-refractivity contribution in [3.63, 3.8) is 0 Å². The van der Waals surface area contributed by atoms with Gasteiger partial charge in [-0.2, -0.15) is 0 Å². The van der Waals surface area contributed by atoms with Crippen molar-refractivity contribution in [3.05, 3.63) is 12.3 Å². The van der Waals surface area contributed by atoms with E-state index in [1.165, 1.54) is 0 Å². The first kappa shape index (κ1) is 29.0. The fraction of sp³-hybridized carbons (Fsp3) is 0.818. The van der Waals surface area contributed by atoms with Crippen molar-refractivity contribution in [2.24, 2.45) is 0 Å².